The van der Waals surface area contributed by atoms with Crippen molar-refractivity contribution >= 4 is 5.96 Å². The van der Waals surface area contributed by atoms with Gasteiger partial charge in [0.1, 0.15) is 5.82 Å². The lowest BCUT2D eigenvalue weighted by Crippen LogP contribution is -2.48. The molecule has 1 aliphatic heterocycles. The summed E-state index contributed by atoms with van der Waals surface area (Å²) in [7, 11) is 2.06. The van der Waals surface area contributed by atoms with Gasteiger partial charge in [0.05, 0.1) is 6.54 Å². The Morgan fingerprint density at radius 1 is 1.32 bits per heavy atom. The van der Waals surface area contributed by atoms with Crippen LogP contribution in [-0.4, -0.2) is 37.5 Å². The van der Waals surface area contributed by atoms with E-state index in [-0.39, 0.29) is 11.2 Å². The quantitative estimate of drug-likeness (QED) is 0.902. The Balaban J connectivity index is 1.71. The first-order valence-corrected chi connectivity index (χ1v) is 6.95. The number of hydrogen-bond acceptors (Lipinski definition) is 3. The number of aliphatic imine (C=N–C) groups is 1. The van der Waals surface area contributed by atoms with E-state index in [1.807, 2.05) is 12.1 Å². The average Bonchev–Trinajstić information content (AvgIpc) is 2.76. The van der Waals surface area contributed by atoms with Gasteiger partial charge in [-0.3, -0.25) is 4.99 Å². The van der Waals surface area contributed by atoms with Crippen molar-refractivity contribution in [2.45, 2.75) is 24.7 Å². The van der Waals surface area contributed by atoms with Crippen molar-refractivity contribution in [1.82, 2.24) is 10.2 Å². The van der Waals surface area contributed by atoms with Crippen LogP contribution in [0.3, 0.4) is 0 Å². The van der Waals surface area contributed by atoms with Crippen LogP contribution in [0.4, 0.5) is 4.39 Å². The highest BCUT2D eigenvalue weighted by molar-refractivity contribution is 5.81. The summed E-state index contributed by atoms with van der Waals surface area (Å²) in [6.45, 7) is 2.76. The molecule has 1 aromatic carbocycles. The summed E-state index contributed by atoms with van der Waals surface area (Å²) in [5, 5.41) is 3.47. The summed E-state index contributed by atoms with van der Waals surface area (Å²) in [6.07, 6.45) is 3.59. The first-order valence-electron chi connectivity index (χ1n) is 6.95. The highest BCUT2D eigenvalue weighted by Crippen LogP contribution is 2.43. The summed E-state index contributed by atoms with van der Waals surface area (Å²) in [4.78, 5) is 6.61. The van der Waals surface area contributed by atoms with Gasteiger partial charge >= 0.3 is 0 Å². The van der Waals surface area contributed by atoms with Crippen LogP contribution >= 0.6 is 0 Å². The number of benzene rings is 1. The van der Waals surface area contributed by atoms with Gasteiger partial charge in [-0.25, -0.2) is 4.39 Å². The molecule has 0 aromatic heterocycles. The summed E-state index contributed by atoms with van der Waals surface area (Å²) in [5.74, 6) is 0.833. The molecule has 0 radical (unpaired) electrons. The summed E-state index contributed by atoms with van der Waals surface area (Å²) in [6, 6.07) is 6.98. The SMILES string of the molecule is CN1CCN=C1NCC1(c2ccc(F)cc2)CCC1. The van der Waals surface area contributed by atoms with Crippen LogP contribution in [0.2, 0.25) is 0 Å². The highest BCUT2D eigenvalue weighted by Gasteiger charge is 2.38. The highest BCUT2D eigenvalue weighted by atomic mass is 19.1. The Bertz CT molecular complexity index is 477. The molecule has 0 atom stereocenters. The number of halogens is 1. The molecular weight excluding hydrogens is 241 g/mol. The smallest absolute Gasteiger partial charge is 0.193 e. The lowest BCUT2D eigenvalue weighted by Gasteiger charge is -2.43. The van der Waals surface area contributed by atoms with Gasteiger partial charge in [-0.15, -0.1) is 0 Å². The van der Waals surface area contributed by atoms with E-state index in [9.17, 15) is 4.39 Å². The molecule has 102 valence electrons. The third-order valence-electron chi connectivity index (χ3n) is 4.41. The topological polar surface area (TPSA) is 27.6 Å². The molecule has 0 bridgehead atoms. The van der Waals surface area contributed by atoms with Gasteiger partial charge in [0.15, 0.2) is 5.96 Å². The predicted molar refractivity (Wildman–Crippen MR) is 74.9 cm³/mol. The minimum Gasteiger partial charge on any atom is -0.355 e. The Morgan fingerprint density at radius 2 is 2.05 bits per heavy atom. The Morgan fingerprint density at radius 3 is 2.58 bits per heavy atom. The zero-order chi connectivity index (χ0) is 13.3. The monoisotopic (exact) mass is 261 g/mol. The van der Waals surface area contributed by atoms with E-state index in [0.29, 0.717) is 0 Å². The summed E-state index contributed by atoms with van der Waals surface area (Å²) >= 11 is 0. The van der Waals surface area contributed by atoms with E-state index in [1.165, 1.54) is 24.8 Å². The van der Waals surface area contributed by atoms with Crippen molar-refractivity contribution < 1.29 is 4.39 Å². The molecule has 0 amide bonds. The van der Waals surface area contributed by atoms with Crippen molar-refractivity contribution in [1.29, 1.82) is 0 Å². The van der Waals surface area contributed by atoms with Crippen molar-refractivity contribution in [3.8, 4) is 0 Å². The molecule has 4 heteroatoms. The molecule has 1 aliphatic carbocycles. The molecule has 1 N–H and O–H groups in total. The van der Waals surface area contributed by atoms with Crippen LogP contribution in [0, 0.1) is 5.82 Å². The van der Waals surface area contributed by atoms with Crippen molar-refractivity contribution in [3.63, 3.8) is 0 Å². The van der Waals surface area contributed by atoms with Crippen LogP contribution in [-0.2, 0) is 5.41 Å². The number of nitrogens with one attached hydrogen (secondary N) is 1. The van der Waals surface area contributed by atoms with Crippen LogP contribution in [0.1, 0.15) is 24.8 Å². The Hall–Kier alpha value is -1.58. The number of guanidine groups is 1. The van der Waals surface area contributed by atoms with E-state index in [2.05, 4.69) is 22.3 Å². The fraction of sp³-hybridized carbons (Fsp3) is 0.533. The number of hydrogen-bond donors (Lipinski definition) is 1. The Labute approximate surface area is 113 Å². The number of rotatable bonds is 3. The maximum atomic E-state index is 13.0. The average molecular weight is 261 g/mol. The maximum Gasteiger partial charge on any atom is 0.193 e. The second-order valence-electron chi connectivity index (χ2n) is 5.62. The summed E-state index contributed by atoms with van der Waals surface area (Å²) in [5.41, 5.74) is 1.41. The van der Waals surface area contributed by atoms with Crippen molar-refractivity contribution in [2.75, 3.05) is 26.7 Å². The lowest BCUT2D eigenvalue weighted by atomic mass is 9.64. The normalized spacial score (nSPS) is 20.9. The second-order valence-corrected chi connectivity index (χ2v) is 5.62. The zero-order valence-corrected chi connectivity index (χ0v) is 11.3. The van der Waals surface area contributed by atoms with Gasteiger partial charge in [0, 0.05) is 25.6 Å². The molecule has 1 fully saturated rings. The largest absolute Gasteiger partial charge is 0.355 e. The Kier molecular flexibility index (Phi) is 3.17. The second kappa shape index (κ2) is 4.83. The van der Waals surface area contributed by atoms with Gasteiger partial charge in [-0.2, -0.15) is 0 Å². The van der Waals surface area contributed by atoms with Gasteiger partial charge in [-0.1, -0.05) is 18.6 Å². The van der Waals surface area contributed by atoms with E-state index in [1.54, 1.807) is 12.1 Å². The number of nitrogens with zero attached hydrogens (tertiary/aromatic N) is 2. The first-order chi connectivity index (χ1) is 9.20. The molecule has 3 nitrogen and oxygen atoms in total. The molecule has 0 unspecified atom stereocenters. The van der Waals surface area contributed by atoms with E-state index >= 15 is 0 Å². The predicted octanol–water partition coefficient (Wildman–Crippen LogP) is 2.14. The number of likely N-dealkylation sites (N-methyl/N-ethyl adjacent to an activating group) is 1. The third-order valence-corrected chi connectivity index (χ3v) is 4.41. The third kappa shape index (κ3) is 2.31. The molecule has 1 heterocycles. The molecule has 19 heavy (non-hydrogen) atoms. The molecule has 0 spiro atoms. The lowest BCUT2D eigenvalue weighted by molar-refractivity contribution is 0.242. The maximum absolute atomic E-state index is 13.0. The van der Waals surface area contributed by atoms with Crippen molar-refractivity contribution in [2.24, 2.45) is 4.99 Å². The summed E-state index contributed by atoms with van der Waals surface area (Å²) < 4.78 is 13.0. The molecule has 1 saturated carbocycles. The van der Waals surface area contributed by atoms with Crippen molar-refractivity contribution in [3.05, 3.63) is 35.6 Å². The van der Waals surface area contributed by atoms with Gasteiger partial charge in [-0.05, 0) is 30.5 Å². The molecule has 1 aromatic rings. The van der Waals surface area contributed by atoms with Gasteiger partial charge < -0.3 is 10.2 Å². The fourth-order valence-corrected chi connectivity index (χ4v) is 2.95. The van der Waals surface area contributed by atoms with E-state index < -0.39 is 0 Å². The van der Waals surface area contributed by atoms with Crippen LogP contribution in [0.15, 0.2) is 29.3 Å². The van der Waals surface area contributed by atoms with Crippen LogP contribution in [0.5, 0.6) is 0 Å². The van der Waals surface area contributed by atoms with Gasteiger partial charge in [0.2, 0.25) is 0 Å². The molecular formula is C15H20FN3. The van der Waals surface area contributed by atoms with E-state index in [0.717, 1.165) is 25.6 Å². The van der Waals surface area contributed by atoms with Gasteiger partial charge in [0.25, 0.3) is 0 Å². The molecule has 3 rings (SSSR count). The zero-order valence-electron chi connectivity index (χ0n) is 11.3. The van der Waals surface area contributed by atoms with E-state index in [4.69, 9.17) is 0 Å². The molecule has 2 aliphatic rings. The fourth-order valence-electron chi connectivity index (χ4n) is 2.95. The standard InChI is InChI=1S/C15H20FN3/c1-19-10-9-17-14(19)18-11-15(7-2-8-15)12-3-5-13(16)6-4-12/h3-6H,2,7-11H2,1H3,(H,17,18). The minimum atomic E-state index is -0.161. The van der Waals surface area contributed by atoms with Crippen LogP contribution < -0.4 is 5.32 Å². The van der Waals surface area contributed by atoms with Crippen LogP contribution in [0.25, 0.3) is 0 Å². The molecule has 0 saturated heterocycles. The first kappa shape index (κ1) is 12.5. The minimum absolute atomic E-state index is 0.161.